The first-order valence-electron chi connectivity index (χ1n) is 7.91. The van der Waals surface area contributed by atoms with E-state index in [0.29, 0.717) is 17.5 Å². The Morgan fingerprint density at radius 3 is 2.42 bits per heavy atom. The molecule has 108 valence electrons. The average Bonchev–Trinajstić information content (AvgIpc) is 2.85. The van der Waals surface area contributed by atoms with Gasteiger partial charge in [0.1, 0.15) is 0 Å². The lowest BCUT2D eigenvalue weighted by Gasteiger charge is -2.41. The molecule has 0 aromatic heterocycles. The summed E-state index contributed by atoms with van der Waals surface area (Å²) in [5, 5.41) is 3.60. The molecule has 0 radical (unpaired) electrons. The number of nitrogens with zero attached hydrogens (tertiary/aromatic N) is 2. The van der Waals surface area contributed by atoms with Gasteiger partial charge in [0.05, 0.1) is 0 Å². The van der Waals surface area contributed by atoms with Crippen LogP contribution >= 0.6 is 11.8 Å². The quantitative estimate of drug-likeness (QED) is 0.798. The van der Waals surface area contributed by atoms with Gasteiger partial charge in [-0.2, -0.15) is 0 Å². The summed E-state index contributed by atoms with van der Waals surface area (Å²) in [6, 6.07) is 1.27. The summed E-state index contributed by atoms with van der Waals surface area (Å²) >= 11 is 1.95. The van der Waals surface area contributed by atoms with Crippen LogP contribution in [0, 0.1) is 5.41 Å². The Morgan fingerprint density at radius 2 is 1.84 bits per heavy atom. The molecule has 1 N–H and O–H groups in total. The first kappa shape index (κ1) is 13.7. The van der Waals surface area contributed by atoms with Gasteiger partial charge in [-0.25, -0.2) is 5.01 Å². The molecule has 0 aromatic rings. The van der Waals surface area contributed by atoms with Crippen LogP contribution in [0.15, 0.2) is 4.99 Å². The summed E-state index contributed by atoms with van der Waals surface area (Å²) in [7, 11) is 0. The zero-order valence-corrected chi connectivity index (χ0v) is 13.1. The number of amidine groups is 1. The first-order valence-corrected chi connectivity index (χ1v) is 8.89. The highest BCUT2D eigenvalue weighted by Gasteiger charge is 2.37. The largest absolute Gasteiger partial charge is 0.297 e. The molecule has 1 aliphatic carbocycles. The normalized spacial score (nSPS) is 35.4. The van der Waals surface area contributed by atoms with E-state index < -0.39 is 0 Å². The minimum absolute atomic E-state index is 0.551. The van der Waals surface area contributed by atoms with Gasteiger partial charge in [0, 0.05) is 24.4 Å². The van der Waals surface area contributed by atoms with Crippen LogP contribution in [0.25, 0.3) is 0 Å². The van der Waals surface area contributed by atoms with Gasteiger partial charge >= 0.3 is 0 Å². The molecule has 0 bridgehead atoms. The molecule has 2 aliphatic heterocycles. The van der Waals surface area contributed by atoms with Gasteiger partial charge in [0.25, 0.3) is 0 Å². The van der Waals surface area contributed by atoms with Crippen LogP contribution in [0.1, 0.15) is 58.8 Å². The van der Waals surface area contributed by atoms with E-state index in [1.807, 2.05) is 11.8 Å². The van der Waals surface area contributed by atoms with Gasteiger partial charge < -0.3 is 0 Å². The summed E-state index contributed by atoms with van der Waals surface area (Å²) in [6.45, 7) is 5.71. The molecule has 2 heterocycles. The van der Waals surface area contributed by atoms with Crippen molar-refractivity contribution in [1.82, 2.24) is 10.4 Å². The van der Waals surface area contributed by atoms with Gasteiger partial charge in [-0.3, -0.25) is 10.4 Å². The lowest BCUT2D eigenvalue weighted by molar-refractivity contribution is 0.0750. The predicted molar refractivity (Wildman–Crippen MR) is 83.4 cm³/mol. The van der Waals surface area contributed by atoms with Gasteiger partial charge in [0.2, 0.25) is 0 Å². The monoisotopic (exact) mass is 281 g/mol. The molecule has 1 saturated carbocycles. The highest BCUT2D eigenvalue weighted by Crippen LogP contribution is 2.43. The van der Waals surface area contributed by atoms with E-state index in [-0.39, 0.29) is 0 Å². The summed E-state index contributed by atoms with van der Waals surface area (Å²) in [5.41, 5.74) is 4.16. The fraction of sp³-hybridized carbons (Fsp3) is 0.933. The average molecular weight is 281 g/mol. The second-order valence-corrected chi connectivity index (χ2v) is 7.73. The van der Waals surface area contributed by atoms with Crippen LogP contribution in [-0.2, 0) is 0 Å². The van der Waals surface area contributed by atoms with Crippen LogP contribution in [0.5, 0.6) is 0 Å². The van der Waals surface area contributed by atoms with E-state index in [2.05, 4.69) is 24.3 Å². The maximum Gasteiger partial charge on any atom is 0.171 e. The SMILES string of the molecule is CC1CCCC(C)N1NC1=NCC2(CCCC2)CS1. The third kappa shape index (κ3) is 2.94. The number of piperidine rings is 1. The third-order valence-electron chi connectivity index (χ3n) is 5.16. The van der Waals surface area contributed by atoms with Crippen LogP contribution in [0.3, 0.4) is 0 Å². The highest BCUT2D eigenvalue weighted by molar-refractivity contribution is 8.13. The maximum absolute atomic E-state index is 4.85. The number of hydrogen-bond donors (Lipinski definition) is 1. The molecule has 1 saturated heterocycles. The van der Waals surface area contributed by atoms with Crippen molar-refractivity contribution < 1.29 is 0 Å². The van der Waals surface area contributed by atoms with E-state index in [1.54, 1.807) is 0 Å². The van der Waals surface area contributed by atoms with Crippen molar-refractivity contribution in [3.05, 3.63) is 0 Å². The standard InChI is InChI=1S/C15H27N3S/c1-12-6-5-7-13(2)18(12)17-14-16-10-15(11-19-14)8-3-4-9-15/h12-13H,3-11H2,1-2H3,(H,16,17). The van der Waals surface area contributed by atoms with Crippen LogP contribution in [0.4, 0.5) is 0 Å². The van der Waals surface area contributed by atoms with E-state index in [1.165, 1.54) is 50.7 Å². The van der Waals surface area contributed by atoms with Crippen molar-refractivity contribution in [2.24, 2.45) is 10.4 Å². The minimum atomic E-state index is 0.551. The molecule has 3 aliphatic rings. The summed E-state index contributed by atoms with van der Waals surface area (Å²) in [5.74, 6) is 1.27. The highest BCUT2D eigenvalue weighted by atomic mass is 32.2. The number of rotatable bonds is 1. The van der Waals surface area contributed by atoms with Gasteiger partial charge in [0.15, 0.2) is 5.17 Å². The molecular weight excluding hydrogens is 254 g/mol. The van der Waals surface area contributed by atoms with Crippen LogP contribution in [0.2, 0.25) is 0 Å². The van der Waals surface area contributed by atoms with Crippen LogP contribution < -0.4 is 5.43 Å². The first-order chi connectivity index (χ1) is 9.19. The Bertz CT molecular complexity index is 339. The van der Waals surface area contributed by atoms with Crippen molar-refractivity contribution in [2.45, 2.75) is 70.9 Å². The van der Waals surface area contributed by atoms with Gasteiger partial charge in [-0.15, -0.1) is 0 Å². The van der Waals surface area contributed by atoms with Crippen molar-refractivity contribution in [3.63, 3.8) is 0 Å². The number of thioether (sulfide) groups is 1. The summed E-state index contributed by atoms with van der Waals surface area (Å²) in [6.07, 6.45) is 9.60. The Morgan fingerprint density at radius 1 is 1.16 bits per heavy atom. The molecule has 2 fully saturated rings. The lowest BCUT2D eigenvalue weighted by atomic mass is 9.89. The van der Waals surface area contributed by atoms with Gasteiger partial charge in [-0.05, 0) is 44.9 Å². The van der Waals surface area contributed by atoms with Crippen molar-refractivity contribution in [3.8, 4) is 0 Å². The molecule has 2 unspecified atom stereocenters. The zero-order valence-electron chi connectivity index (χ0n) is 12.3. The van der Waals surface area contributed by atoms with Crippen molar-refractivity contribution in [1.29, 1.82) is 0 Å². The smallest absolute Gasteiger partial charge is 0.171 e. The Hall–Kier alpha value is -0.220. The lowest BCUT2D eigenvalue weighted by Crippen LogP contribution is -2.54. The fourth-order valence-electron chi connectivity index (χ4n) is 3.80. The van der Waals surface area contributed by atoms with E-state index in [9.17, 15) is 0 Å². The number of hydrogen-bond acceptors (Lipinski definition) is 4. The summed E-state index contributed by atoms with van der Waals surface area (Å²) < 4.78 is 0. The molecule has 3 rings (SSSR count). The maximum atomic E-state index is 4.85. The Balaban J connectivity index is 1.59. The molecular formula is C15H27N3S. The molecule has 1 spiro atoms. The van der Waals surface area contributed by atoms with E-state index >= 15 is 0 Å². The molecule has 0 aromatic carbocycles. The third-order valence-corrected chi connectivity index (χ3v) is 6.41. The molecule has 19 heavy (non-hydrogen) atoms. The minimum Gasteiger partial charge on any atom is -0.297 e. The van der Waals surface area contributed by atoms with Crippen molar-refractivity contribution >= 4 is 16.9 Å². The zero-order chi connectivity index (χ0) is 13.3. The number of hydrazine groups is 1. The molecule has 4 heteroatoms. The molecule has 0 amide bonds. The number of nitrogens with one attached hydrogen (secondary N) is 1. The van der Waals surface area contributed by atoms with E-state index in [4.69, 9.17) is 4.99 Å². The summed E-state index contributed by atoms with van der Waals surface area (Å²) in [4.78, 5) is 4.85. The second-order valence-electron chi connectivity index (χ2n) is 6.77. The van der Waals surface area contributed by atoms with Crippen molar-refractivity contribution in [2.75, 3.05) is 12.3 Å². The second kappa shape index (κ2) is 5.65. The Labute approximate surface area is 121 Å². The van der Waals surface area contributed by atoms with E-state index in [0.717, 1.165) is 11.7 Å². The fourth-order valence-corrected chi connectivity index (χ4v) is 4.95. The molecule has 2 atom stereocenters. The topological polar surface area (TPSA) is 27.6 Å². The number of aliphatic imine (C=N–C) groups is 1. The van der Waals surface area contributed by atoms with Crippen LogP contribution in [-0.4, -0.2) is 34.6 Å². The predicted octanol–water partition coefficient (Wildman–Crippen LogP) is 3.42. The van der Waals surface area contributed by atoms with Gasteiger partial charge in [-0.1, -0.05) is 31.0 Å². The molecule has 3 nitrogen and oxygen atoms in total. The Kier molecular flexibility index (Phi) is 4.08.